The fraction of sp³-hybridized carbons (Fsp3) is 0.143. The van der Waals surface area contributed by atoms with Crippen molar-refractivity contribution in [2.75, 3.05) is 14.2 Å². The number of rotatable bonds is 8. The number of hydrogen-bond donors (Lipinski definition) is 0. The van der Waals surface area contributed by atoms with Crippen LogP contribution in [0.3, 0.4) is 0 Å². The number of amides is 2. The van der Waals surface area contributed by atoms with Crippen LogP contribution in [-0.4, -0.2) is 72.1 Å². The Hall–Kier alpha value is -11.3. The summed E-state index contributed by atoms with van der Waals surface area (Å²) in [6.45, 7) is 13.6. The van der Waals surface area contributed by atoms with Gasteiger partial charge < -0.3 is 18.9 Å². The minimum atomic E-state index is -1.36. The summed E-state index contributed by atoms with van der Waals surface area (Å²) in [6, 6.07) is -2.39. The first kappa shape index (κ1) is 50.8. The van der Waals surface area contributed by atoms with Crippen LogP contribution in [0.15, 0.2) is 256 Å². The lowest BCUT2D eigenvalue weighted by Gasteiger charge is -2.38. The highest BCUT2D eigenvalue weighted by molar-refractivity contribution is 5.98. The standard InChI is InChI=1S/C56H26N2O8/c1-8-9-10-11-12-13-14-15-16-17-18-19-20-21-22-23-24-25-26-27-28-29-30-31-32-33-34-35-36-37-38-39-40-41-50(57(53(59)46(2)3)48-42-44-65-51(48)55(61)63-6)58(54(60)47(4)5)49-43-45-66-52(49)56(62)64-7/h42-45,48-49,51-52H,1-2,4H2,3,5-7H3. The monoisotopic (exact) mass is 854 g/mol. The molecule has 0 radical (unpaired) electrons. The van der Waals surface area contributed by atoms with Gasteiger partial charge in [0.15, 0.2) is 5.82 Å². The van der Waals surface area contributed by atoms with Gasteiger partial charge in [-0.1, -0.05) is 18.9 Å². The quantitative estimate of drug-likeness (QED) is 0.156. The predicted octanol–water partition coefficient (Wildman–Crippen LogP) is 6.45. The zero-order valence-corrected chi connectivity index (χ0v) is 35.4. The molecule has 2 rings (SSSR count). The van der Waals surface area contributed by atoms with Crippen molar-refractivity contribution in [1.82, 2.24) is 9.80 Å². The molecule has 0 aromatic heterocycles. The third kappa shape index (κ3) is 18.3. The predicted molar refractivity (Wildman–Crippen MR) is 232 cm³/mol. The summed E-state index contributed by atoms with van der Waals surface area (Å²) in [5, 5.41) is 0. The maximum Gasteiger partial charge on any atom is 0.349 e. The second-order valence-electron chi connectivity index (χ2n) is 11.3. The van der Waals surface area contributed by atoms with Crippen LogP contribution in [0.2, 0.25) is 0 Å². The topological polar surface area (TPSA) is 112 Å². The largest absolute Gasteiger partial charge is 0.484 e. The molecule has 0 aromatic carbocycles. The summed E-state index contributed by atoms with van der Waals surface area (Å²) in [4.78, 5) is 55.2. The van der Waals surface area contributed by atoms with E-state index in [0.717, 1.165) is 24.0 Å². The van der Waals surface area contributed by atoms with Crippen molar-refractivity contribution in [3.05, 3.63) is 256 Å². The maximum absolute atomic E-state index is 13.9. The Morgan fingerprint density at radius 3 is 0.909 bits per heavy atom. The fourth-order valence-corrected chi connectivity index (χ4v) is 4.31. The van der Waals surface area contributed by atoms with Gasteiger partial charge in [-0.25, -0.2) is 9.59 Å². The van der Waals surface area contributed by atoms with Crippen LogP contribution in [-0.2, 0) is 38.1 Å². The van der Waals surface area contributed by atoms with Crippen LogP contribution in [0.25, 0.3) is 0 Å². The van der Waals surface area contributed by atoms with E-state index in [1.54, 1.807) is 0 Å². The Kier molecular flexibility index (Phi) is 23.6. The van der Waals surface area contributed by atoms with E-state index >= 15 is 0 Å². The molecule has 2 heterocycles. The van der Waals surface area contributed by atoms with Crippen molar-refractivity contribution in [3.63, 3.8) is 0 Å². The van der Waals surface area contributed by atoms with Crippen molar-refractivity contribution in [2.45, 2.75) is 38.1 Å². The van der Waals surface area contributed by atoms with Crippen LogP contribution >= 0.6 is 0 Å². The first-order valence-electron chi connectivity index (χ1n) is 18.0. The Labute approximate surface area is 379 Å². The molecule has 2 aliphatic rings. The van der Waals surface area contributed by atoms with Crippen molar-refractivity contribution in [2.24, 2.45) is 0 Å². The Bertz CT molecular complexity index is 3540. The smallest absolute Gasteiger partial charge is 0.349 e. The van der Waals surface area contributed by atoms with Crippen LogP contribution in [0.1, 0.15) is 13.8 Å². The summed E-state index contributed by atoms with van der Waals surface area (Å²) < 4.78 is 20.7. The molecule has 66 heavy (non-hydrogen) atoms. The Morgan fingerprint density at radius 2 is 0.682 bits per heavy atom. The Balaban J connectivity index is 2.73. The van der Waals surface area contributed by atoms with Crippen molar-refractivity contribution < 1.29 is 38.1 Å². The molecule has 0 N–H and O–H groups in total. The number of methoxy groups -OCH3 is 2. The number of hydrogen-bond acceptors (Lipinski definition) is 8. The molecule has 308 valence electrons. The molecule has 0 bridgehead atoms. The van der Waals surface area contributed by atoms with Gasteiger partial charge in [-0.05, 0) is 130 Å². The zero-order valence-electron chi connectivity index (χ0n) is 35.4. The summed E-state index contributed by atoms with van der Waals surface area (Å²) in [6.07, 6.45) is 2.46. The van der Waals surface area contributed by atoms with E-state index < -0.39 is 48.0 Å². The molecule has 0 fully saturated rings. The molecular weight excluding hydrogens is 829 g/mol. The normalized spacial score (nSPS) is 13.2. The molecule has 10 nitrogen and oxygen atoms in total. The first-order chi connectivity index (χ1) is 32.1. The van der Waals surface area contributed by atoms with Crippen LogP contribution in [0, 0.1) is 0 Å². The van der Waals surface area contributed by atoms with Gasteiger partial charge in [0.05, 0.1) is 26.7 Å². The highest BCUT2D eigenvalue weighted by Crippen LogP contribution is 2.30. The van der Waals surface area contributed by atoms with E-state index in [1.165, 1.54) is 38.5 Å². The van der Waals surface area contributed by atoms with Gasteiger partial charge >= 0.3 is 11.9 Å². The molecule has 0 aliphatic carbocycles. The lowest BCUT2D eigenvalue weighted by molar-refractivity contribution is -0.154. The number of esters is 2. The molecule has 2 amide bonds. The molecule has 2 aliphatic heterocycles. The minimum Gasteiger partial charge on any atom is -0.484 e. The number of carbonyl (C=O) groups excluding carboxylic acids is 4. The van der Waals surface area contributed by atoms with E-state index in [4.69, 9.17) is 18.9 Å². The first-order valence-corrected chi connectivity index (χ1v) is 18.0. The van der Waals surface area contributed by atoms with Crippen LogP contribution < -0.4 is 0 Å². The molecule has 0 aromatic rings. The number of nitrogens with zero attached hydrogens (tertiary/aromatic N) is 2. The van der Waals surface area contributed by atoms with Gasteiger partial charge in [-0.3, -0.25) is 19.4 Å². The van der Waals surface area contributed by atoms with Crippen molar-refractivity contribution in [3.8, 4) is 0 Å². The van der Waals surface area contributed by atoms with Gasteiger partial charge in [0.1, 0.15) is 12.1 Å². The SMILES string of the molecule is C=C=C=C=C=C=C=C=C=C=C=C=C=C=C=C=C=C=C=C=C=C=C=C=C=C=C=C=C=C=C=C=C=C=C=C(N(C(=O)C(=C)C)C1C=COC1C(=O)OC)N(C(=O)C(=C)C)C1C=COC1C(=O)OC. The summed E-state index contributed by atoms with van der Waals surface area (Å²) >= 11 is 0. The third-order valence-electron chi connectivity index (χ3n) is 6.91. The number of carbonyl (C=O) groups is 4. The highest BCUT2D eigenvalue weighted by Gasteiger charge is 2.47. The van der Waals surface area contributed by atoms with E-state index in [2.05, 4.69) is 215 Å². The molecule has 4 unspecified atom stereocenters. The summed E-state index contributed by atoms with van der Waals surface area (Å²) in [5.41, 5.74) is 84.6. The van der Waals surface area contributed by atoms with Crippen LogP contribution in [0.5, 0.6) is 0 Å². The molecule has 0 spiro atoms. The van der Waals surface area contributed by atoms with E-state index in [1.807, 2.05) is 0 Å². The summed E-state index contributed by atoms with van der Waals surface area (Å²) in [7, 11) is 2.28. The summed E-state index contributed by atoms with van der Waals surface area (Å²) in [5.74, 6) is -3.49. The van der Waals surface area contributed by atoms with Gasteiger partial charge in [0, 0.05) is 103 Å². The third-order valence-corrected chi connectivity index (χ3v) is 6.91. The second-order valence-corrected chi connectivity index (χ2v) is 11.3. The van der Waals surface area contributed by atoms with Gasteiger partial charge in [0.25, 0.3) is 11.8 Å². The molecule has 10 heteroatoms. The second kappa shape index (κ2) is 30.7. The molecular formula is C56H26N2O8. The average molecular weight is 855 g/mol. The van der Waals surface area contributed by atoms with Gasteiger partial charge in [-0.15, -0.1) is 0 Å². The fourth-order valence-electron chi connectivity index (χ4n) is 4.31. The molecule has 0 saturated carbocycles. The minimum absolute atomic E-state index is 0.00126. The average Bonchev–Trinajstić information content (AvgIpc) is 4.01. The number of ether oxygens (including phenoxy) is 4. The maximum atomic E-state index is 13.9. The Morgan fingerprint density at radius 1 is 0.439 bits per heavy atom. The lowest BCUT2D eigenvalue weighted by atomic mass is 10.1. The molecule has 4 atom stereocenters. The molecule has 0 saturated heterocycles. The zero-order chi connectivity index (χ0) is 48.2. The van der Waals surface area contributed by atoms with E-state index in [0.29, 0.717) is 0 Å². The lowest BCUT2D eigenvalue weighted by Crippen LogP contribution is -2.55. The van der Waals surface area contributed by atoms with Crippen LogP contribution in [0.4, 0.5) is 0 Å². The van der Waals surface area contributed by atoms with Gasteiger partial charge in [0.2, 0.25) is 12.2 Å². The van der Waals surface area contributed by atoms with E-state index in [9.17, 15) is 19.2 Å². The van der Waals surface area contributed by atoms with Gasteiger partial charge in [-0.2, -0.15) is 0 Å². The van der Waals surface area contributed by atoms with E-state index in [-0.39, 0.29) is 17.0 Å². The van der Waals surface area contributed by atoms with Crippen molar-refractivity contribution in [1.29, 1.82) is 0 Å². The highest BCUT2D eigenvalue weighted by atomic mass is 16.6. The van der Waals surface area contributed by atoms with Crippen molar-refractivity contribution >= 4 is 23.8 Å².